The molecule has 7 nitrogen and oxygen atoms in total. The highest BCUT2D eigenvalue weighted by Gasteiger charge is 2.32. The van der Waals surface area contributed by atoms with E-state index in [-0.39, 0.29) is 11.8 Å². The molecule has 1 fully saturated rings. The number of carbonyl (C=O) groups is 1. The maximum Gasteiger partial charge on any atom is 0.417 e. The zero-order valence-corrected chi connectivity index (χ0v) is 14.8. The van der Waals surface area contributed by atoms with Gasteiger partial charge < -0.3 is 14.6 Å². The first-order valence-electron chi connectivity index (χ1n) is 8.89. The lowest BCUT2D eigenvalue weighted by molar-refractivity contribution is -0.137. The first-order chi connectivity index (χ1) is 13.4. The van der Waals surface area contributed by atoms with Crippen molar-refractivity contribution in [3.05, 3.63) is 48.0 Å². The van der Waals surface area contributed by atoms with E-state index in [2.05, 4.69) is 15.5 Å². The van der Waals surface area contributed by atoms with Crippen LogP contribution >= 0.6 is 0 Å². The smallest absolute Gasteiger partial charge is 0.417 e. The quantitative estimate of drug-likeness (QED) is 0.738. The molecule has 1 amide bonds. The third-order valence-corrected chi connectivity index (χ3v) is 4.80. The van der Waals surface area contributed by atoms with Crippen molar-refractivity contribution in [1.29, 1.82) is 0 Å². The van der Waals surface area contributed by atoms with Gasteiger partial charge in [-0.3, -0.25) is 9.20 Å². The van der Waals surface area contributed by atoms with Crippen LogP contribution in [0.4, 0.5) is 19.1 Å². The first kappa shape index (κ1) is 18.3. The molecule has 0 bridgehead atoms. The van der Waals surface area contributed by atoms with Gasteiger partial charge in [0.05, 0.1) is 24.3 Å². The number of hydrogen-bond donors (Lipinski definition) is 1. The summed E-state index contributed by atoms with van der Waals surface area (Å²) in [5, 5.41) is 10.8. The molecule has 1 N–H and O–H groups in total. The molecule has 148 valence electrons. The summed E-state index contributed by atoms with van der Waals surface area (Å²) in [6.45, 7) is 1.26. The van der Waals surface area contributed by atoms with Crippen molar-refractivity contribution >= 4 is 17.5 Å². The molecule has 1 aliphatic rings. The van der Waals surface area contributed by atoms with Gasteiger partial charge in [-0.2, -0.15) is 13.2 Å². The Bertz CT molecular complexity index is 967. The summed E-state index contributed by atoms with van der Waals surface area (Å²) in [5.41, 5.74) is -0.446. The van der Waals surface area contributed by atoms with Gasteiger partial charge in [-0.25, -0.2) is 0 Å². The largest absolute Gasteiger partial charge is 0.467 e. The third-order valence-electron chi connectivity index (χ3n) is 4.80. The summed E-state index contributed by atoms with van der Waals surface area (Å²) in [6.07, 6.45) is -0.496. The highest BCUT2D eigenvalue weighted by molar-refractivity contribution is 5.79. The Hall–Kier alpha value is -3.04. The van der Waals surface area contributed by atoms with E-state index in [4.69, 9.17) is 4.42 Å². The fraction of sp³-hybridized carbons (Fsp3) is 0.389. The summed E-state index contributed by atoms with van der Waals surface area (Å²) in [5.74, 6) is 0.557. The number of amides is 1. The Morgan fingerprint density at radius 1 is 1.29 bits per heavy atom. The Balaban J connectivity index is 1.50. The lowest BCUT2D eigenvalue weighted by Gasteiger charge is -2.32. The lowest BCUT2D eigenvalue weighted by Crippen LogP contribution is -2.43. The van der Waals surface area contributed by atoms with E-state index in [1.807, 2.05) is 0 Å². The number of fused-ring (bicyclic) bond motifs is 1. The molecule has 10 heteroatoms. The van der Waals surface area contributed by atoms with Crippen LogP contribution in [0.1, 0.15) is 24.2 Å². The second-order valence-corrected chi connectivity index (χ2v) is 6.73. The van der Waals surface area contributed by atoms with Gasteiger partial charge in [-0.15, -0.1) is 10.2 Å². The molecule has 0 aliphatic carbocycles. The first-order valence-corrected chi connectivity index (χ1v) is 8.89. The molecule has 0 spiro atoms. The SMILES string of the molecule is O=C(NCc1ccco1)[C@@H]1CCCN(c2nnc3ccc(C(F)(F)F)cn23)C1. The third kappa shape index (κ3) is 3.67. The summed E-state index contributed by atoms with van der Waals surface area (Å²) in [6, 6.07) is 5.79. The average molecular weight is 393 g/mol. The van der Waals surface area contributed by atoms with Gasteiger partial charge in [0.25, 0.3) is 0 Å². The average Bonchev–Trinajstić information content (AvgIpc) is 3.34. The molecular formula is C18H18F3N5O2. The van der Waals surface area contributed by atoms with E-state index in [0.29, 0.717) is 43.4 Å². The topological polar surface area (TPSA) is 75.7 Å². The number of pyridine rings is 1. The number of piperidine rings is 1. The zero-order valence-electron chi connectivity index (χ0n) is 14.8. The number of nitrogens with zero attached hydrogens (tertiary/aromatic N) is 4. The Kier molecular flexibility index (Phi) is 4.70. The summed E-state index contributed by atoms with van der Waals surface area (Å²) in [7, 11) is 0. The van der Waals surface area contributed by atoms with Gasteiger partial charge >= 0.3 is 6.18 Å². The number of furan rings is 1. The minimum absolute atomic E-state index is 0.120. The fourth-order valence-corrected chi connectivity index (χ4v) is 3.37. The van der Waals surface area contributed by atoms with Crippen molar-refractivity contribution in [2.45, 2.75) is 25.6 Å². The number of carbonyl (C=O) groups excluding carboxylic acids is 1. The van der Waals surface area contributed by atoms with Crippen molar-refractivity contribution in [3.63, 3.8) is 0 Å². The predicted molar refractivity (Wildman–Crippen MR) is 93.5 cm³/mol. The number of hydrogen-bond acceptors (Lipinski definition) is 5. The van der Waals surface area contributed by atoms with Gasteiger partial charge in [-0.1, -0.05) is 0 Å². The summed E-state index contributed by atoms with van der Waals surface area (Å²) in [4.78, 5) is 14.3. The van der Waals surface area contributed by atoms with Crippen molar-refractivity contribution in [2.75, 3.05) is 18.0 Å². The van der Waals surface area contributed by atoms with Gasteiger partial charge in [0.2, 0.25) is 11.9 Å². The molecule has 1 atom stereocenters. The van der Waals surface area contributed by atoms with Gasteiger partial charge in [0.15, 0.2) is 5.65 Å². The highest BCUT2D eigenvalue weighted by atomic mass is 19.4. The monoisotopic (exact) mass is 393 g/mol. The molecule has 1 aliphatic heterocycles. The lowest BCUT2D eigenvalue weighted by atomic mass is 9.97. The molecule has 4 rings (SSSR count). The van der Waals surface area contributed by atoms with Crippen LogP contribution in [0.5, 0.6) is 0 Å². The molecule has 1 saturated heterocycles. The summed E-state index contributed by atoms with van der Waals surface area (Å²) < 4.78 is 45.6. The maximum absolute atomic E-state index is 13.0. The molecule has 0 unspecified atom stereocenters. The van der Waals surface area contributed by atoms with E-state index < -0.39 is 11.7 Å². The van der Waals surface area contributed by atoms with Gasteiger partial charge in [0.1, 0.15) is 5.76 Å². The Morgan fingerprint density at radius 2 is 2.14 bits per heavy atom. The number of nitrogens with one attached hydrogen (secondary N) is 1. The minimum atomic E-state index is -4.45. The van der Waals surface area contributed by atoms with E-state index >= 15 is 0 Å². The standard InChI is InChI=1S/C18H18F3N5O2/c19-18(20,21)13-5-6-15-23-24-17(26(15)11-13)25-7-1-3-12(10-25)16(27)22-9-14-4-2-8-28-14/h2,4-6,8,11-12H,1,3,7,9-10H2,(H,22,27)/t12-/m1/s1. The fourth-order valence-electron chi connectivity index (χ4n) is 3.37. The van der Waals surface area contributed by atoms with Crippen LogP contribution in [0.15, 0.2) is 41.1 Å². The van der Waals surface area contributed by atoms with Gasteiger partial charge in [0, 0.05) is 19.3 Å². The molecule has 0 aromatic carbocycles. The second-order valence-electron chi connectivity index (χ2n) is 6.73. The predicted octanol–water partition coefficient (Wildman–Crippen LogP) is 2.87. The molecule has 3 aromatic heterocycles. The maximum atomic E-state index is 13.0. The van der Waals surface area contributed by atoms with Crippen LogP contribution in [0, 0.1) is 5.92 Å². The normalized spacial score (nSPS) is 17.8. The molecule has 28 heavy (non-hydrogen) atoms. The van der Waals surface area contributed by atoms with Gasteiger partial charge in [-0.05, 0) is 37.1 Å². The van der Waals surface area contributed by atoms with E-state index in [1.54, 1.807) is 17.0 Å². The minimum Gasteiger partial charge on any atom is -0.467 e. The number of aromatic nitrogens is 3. The summed E-state index contributed by atoms with van der Waals surface area (Å²) >= 11 is 0. The second kappa shape index (κ2) is 7.17. The van der Waals surface area contributed by atoms with Crippen molar-refractivity contribution in [1.82, 2.24) is 19.9 Å². The van der Waals surface area contributed by atoms with E-state index in [9.17, 15) is 18.0 Å². The Morgan fingerprint density at radius 3 is 2.89 bits per heavy atom. The van der Waals surface area contributed by atoms with Crippen LogP contribution in [0.25, 0.3) is 5.65 Å². The van der Waals surface area contributed by atoms with Crippen LogP contribution < -0.4 is 10.2 Å². The van der Waals surface area contributed by atoms with Crippen molar-refractivity contribution in [2.24, 2.45) is 5.92 Å². The number of alkyl halides is 3. The van der Waals surface area contributed by atoms with E-state index in [0.717, 1.165) is 18.7 Å². The van der Waals surface area contributed by atoms with Crippen LogP contribution in [0.3, 0.4) is 0 Å². The Labute approximate surface area is 158 Å². The van der Waals surface area contributed by atoms with Crippen LogP contribution in [-0.4, -0.2) is 33.6 Å². The number of anilines is 1. The zero-order chi connectivity index (χ0) is 19.7. The molecule has 0 radical (unpaired) electrons. The molecule has 3 aromatic rings. The van der Waals surface area contributed by atoms with Crippen molar-refractivity contribution < 1.29 is 22.4 Å². The molecule has 4 heterocycles. The molecular weight excluding hydrogens is 375 g/mol. The van der Waals surface area contributed by atoms with Crippen LogP contribution in [0.2, 0.25) is 0 Å². The van der Waals surface area contributed by atoms with Crippen molar-refractivity contribution in [3.8, 4) is 0 Å². The van der Waals surface area contributed by atoms with Crippen LogP contribution in [-0.2, 0) is 17.5 Å². The number of rotatable bonds is 4. The highest BCUT2D eigenvalue weighted by Crippen LogP contribution is 2.30. The number of halogens is 3. The molecule has 0 saturated carbocycles. The van der Waals surface area contributed by atoms with E-state index in [1.165, 1.54) is 16.7 Å².